The van der Waals surface area contributed by atoms with Gasteiger partial charge in [-0.05, 0) is 63.6 Å². The zero-order valence-corrected chi connectivity index (χ0v) is 14.7. The summed E-state index contributed by atoms with van der Waals surface area (Å²) >= 11 is 0. The van der Waals surface area contributed by atoms with Gasteiger partial charge in [0, 0.05) is 43.7 Å². The van der Waals surface area contributed by atoms with Crippen LogP contribution in [0.3, 0.4) is 0 Å². The molecule has 4 aliphatic rings. The van der Waals surface area contributed by atoms with Gasteiger partial charge >= 0.3 is 0 Å². The SMILES string of the molecule is CN1C2CCC1CC(NCC1CN(c3cc4c(nn3)CCC4)C1)C2. The number of piperidine rings is 1. The van der Waals surface area contributed by atoms with Crippen molar-refractivity contribution in [2.24, 2.45) is 5.92 Å². The van der Waals surface area contributed by atoms with Crippen molar-refractivity contribution >= 4 is 5.82 Å². The first kappa shape index (κ1) is 15.1. The van der Waals surface area contributed by atoms with Crippen molar-refractivity contribution in [1.29, 1.82) is 0 Å². The molecule has 5 nitrogen and oxygen atoms in total. The van der Waals surface area contributed by atoms with Crippen molar-refractivity contribution in [3.63, 3.8) is 0 Å². The molecule has 0 saturated carbocycles. The van der Waals surface area contributed by atoms with Gasteiger partial charge in [-0.25, -0.2) is 0 Å². The average molecular weight is 327 g/mol. The Morgan fingerprint density at radius 1 is 1.12 bits per heavy atom. The summed E-state index contributed by atoms with van der Waals surface area (Å²) in [6.07, 6.45) is 9.07. The maximum Gasteiger partial charge on any atom is 0.151 e. The molecule has 0 aromatic carbocycles. The van der Waals surface area contributed by atoms with E-state index in [1.807, 2.05) is 0 Å². The van der Waals surface area contributed by atoms with Crippen molar-refractivity contribution in [3.05, 3.63) is 17.3 Å². The van der Waals surface area contributed by atoms with Crippen LogP contribution in [-0.2, 0) is 12.8 Å². The summed E-state index contributed by atoms with van der Waals surface area (Å²) in [5.74, 6) is 1.88. The third kappa shape index (κ3) is 2.62. The lowest BCUT2D eigenvalue weighted by Crippen LogP contribution is -2.54. The number of aryl methyl sites for hydroxylation is 2. The highest BCUT2D eigenvalue weighted by atomic mass is 15.3. The van der Waals surface area contributed by atoms with E-state index in [0.29, 0.717) is 0 Å². The van der Waals surface area contributed by atoms with Gasteiger partial charge in [-0.2, -0.15) is 5.10 Å². The van der Waals surface area contributed by atoms with Crippen LogP contribution in [0.25, 0.3) is 0 Å². The van der Waals surface area contributed by atoms with Gasteiger partial charge in [-0.15, -0.1) is 5.10 Å². The van der Waals surface area contributed by atoms with E-state index in [2.05, 4.69) is 38.4 Å². The van der Waals surface area contributed by atoms with E-state index < -0.39 is 0 Å². The lowest BCUT2D eigenvalue weighted by atomic mass is 9.95. The third-order valence-corrected chi connectivity index (χ3v) is 6.88. The Hall–Kier alpha value is -1.20. The lowest BCUT2D eigenvalue weighted by molar-refractivity contribution is 0.145. The highest BCUT2D eigenvalue weighted by molar-refractivity contribution is 5.45. The smallest absolute Gasteiger partial charge is 0.151 e. The molecule has 1 aromatic heterocycles. The Kier molecular flexibility index (Phi) is 3.74. The molecule has 2 unspecified atom stereocenters. The van der Waals surface area contributed by atoms with Gasteiger partial charge in [0.25, 0.3) is 0 Å². The third-order valence-electron chi connectivity index (χ3n) is 6.88. The van der Waals surface area contributed by atoms with E-state index in [-0.39, 0.29) is 0 Å². The first-order chi connectivity index (χ1) is 11.8. The number of fused-ring (bicyclic) bond motifs is 3. The quantitative estimate of drug-likeness (QED) is 0.910. The summed E-state index contributed by atoms with van der Waals surface area (Å²) in [7, 11) is 2.32. The molecule has 3 saturated heterocycles. The van der Waals surface area contributed by atoms with Crippen molar-refractivity contribution in [3.8, 4) is 0 Å². The Morgan fingerprint density at radius 3 is 2.71 bits per heavy atom. The molecule has 2 bridgehead atoms. The number of anilines is 1. The molecule has 3 aliphatic heterocycles. The highest BCUT2D eigenvalue weighted by Gasteiger charge is 2.38. The molecule has 5 heteroatoms. The summed E-state index contributed by atoms with van der Waals surface area (Å²) in [6, 6.07) is 4.70. The largest absolute Gasteiger partial charge is 0.354 e. The highest BCUT2D eigenvalue weighted by Crippen LogP contribution is 2.34. The zero-order chi connectivity index (χ0) is 16.1. The van der Waals surface area contributed by atoms with Gasteiger partial charge in [-0.1, -0.05) is 0 Å². The molecule has 130 valence electrons. The zero-order valence-electron chi connectivity index (χ0n) is 14.7. The maximum absolute atomic E-state index is 4.44. The topological polar surface area (TPSA) is 44.3 Å². The van der Waals surface area contributed by atoms with Crippen LogP contribution in [0.4, 0.5) is 5.82 Å². The fourth-order valence-electron chi connectivity index (χ4n) is 5.27. The molecule has 4 heterocycles. The number of rotatable bonds is 4. The fourth-order valence-corrected chi connectivity index (χ4v) is 5.27. The van der Waals surface area contributed by atoms with Gasteiger partial charge in [-0.3, -0.25) is 0 Å². The molecule has 1 aromatic rings. The number of nitrogens with zero attached hydrogens (tertiary/aromatic N) is 4. The van der Waals surface area contributed by atoms with E-state index in [9.17, 15) is 0 Å². The normalized spacial score (nSPS) is 32.9. The van der Waals surface area contributed by atoms with Crippen LogP contribution in [0.5, 0.6) is 0 Å². The summed E-state index contributed by atoms with van der Waals surface area (Å²) in [5, 5.41) is 12.7. The summed E-state index contributed by atoms with van der Waals surface area (Å²) < 4.78 is 0. The van der Waals surface area contributed by atoms with Crippen LogP contribution in [0.2, 0.25) is 0 Å². The van der Waals surface area contributed by atoms with Crippen LogP contribution in [-0.4, -0.2) is 59.9 Å². The van der Waals surface area contributed by atoms with E-state index in [4.69, 9.17) is 0 Å². The predicted molar refractivity (Wildman–Crippen MR) is 95.4 cm³/mol. The molecular formula is C19H29N5. The molecule has 2 atom stereocenters. The number of nitrogens with one attached hydrogen (secondary N) is 1. The van der Waals surface area contributed by atoms with E-state index in [1.165, 1.54) is 56.3 Å². The Morgan fingerprint density at radius 2 is 1.92 bits per heavy atom. The van der Waals surface area contributed by atoms with E-state index in [1.54, 1.807) is 0 Å². The lowest BCUT2D eigenvalue weighted by Gasteiger charge is -2.42. The summed E-state index contributed by atoms with van der Waals surface area (Å²) in [6.45, 7) is 3.45. The minimum atomic E-state index is 0.743. The molecule has 0 amide bonds. The average Bonchev–Trinajstić information content (AvgIpc) is 3.07. The predicted octanol–water partition coefficient (Wildman–Crippen LogP) is 1.62. The van der Waals surface area contributed by atoms with Crippen molar-refractivity contribution in [2.45, 2.75) is 63.1 Å². The van der Waals surface area contributed by atoms with Crippen LogP contribution in [0, 0.1) is 5.92 Å². The minimum Gasteiger partial charge on any atom is -0.354 e. The van der Waals surface area contributed by atoms with Crippen LogP contribution in [0.1, 0.15) is 43.4 Å². The number of aromatic nitrogens is 2. The Balaban J connectivity index is 1.10. The monoisotopic (exact) mass is 327 g/mol. The number of hydrogen-bond acceptors (Lipinski definition) is 5. The van der Waals surface area contributed by atoms with Crippen molar-refractivity contribution in [1.82, 2.24) is 20.4 Å². The molecule has 0 radical (unpaired) electrons. The van der Waals surface area contributed by atoms with Crippen LogP contribution in [0.15, 0.2) is 6.07 Å². The van der Waals surface area contributed by atoms with Crippen LogP contribution >= 0.6 is 0 Å². The Labute approximate surface area is 144 Å². The minimum absolute atomic E-state index is 0.743. The summed E-state index contributed by atoms with van der Waals surface area (Å²) in [4.78, 5) is 5.02. The standard InChI is InChI=1S/C19H29N5/c1-23-16-5-6-17(23)9-15(8-16)20-10-13-11-24(12-13)19-7-14-3-2-4-18(14)21-22-19/h7,13,15-17,20H,2-6,8-12H2,1H3. The second-order valence-corrected chi connectivity index (χ2v) is 8.43. The van der Waals surface area contributed by atoms with Gasteiger partial charge in [0.05, 0.1) is 5.69 Å². The first-order valence-corrected chi connectivity index (χ1v) is 9.82. The molecule has 5 rings (SSSR count). The molecule has 0 spiro atoms. The Bertz CT molecular complexity index is 598. The molecule has 24 heavy (non-hydrogen) atoms. The van der Waals surface area contributed by atoms with Gasteiger partial charge < -0.3 is 15.1 Å². The summed E-state index contributed by atoms with van der Waals surface area (Å²) in [5.41, 5.74) is 2.66. The van der Waals surface area contributed by atoms with E-state index in [0.717, 1.165) is 49.4 Å². The molecule has 3 fully saturated rings. The van der Waals surface area contributed by atoms with Crippen LogP contribution < -0.4 is 10.2 Å². The van der Waals surface area contributed by atoms with Crippen molar-refractivity contribution < 1.29 is 0 Å². The second-order valence-electron chi connectivity index (χ2n) is 8.43. The fraction of sp³-hybridized carbons (Fsp3) is 0.789. The maximum atomic E-state index is 4.44. The molecule has 1 N–H and O–H groups in total. The van der Waals surface area contributed by atoms with Crippen molar-refractivity contribution in [2.75, 3.05) is 31.6 Å². The van der Waals surface area contributed by atoms with Gasteiger partial charge in [0.1, 0.15) is 0 Å². The molecule has 1 aliphatic carbocycles. The first-order valence-electron chi connectivity index (χ1n) is 9.82. The van der Waals surface area contributed by atoms with E-state index >= 15 is 0 Å². The van der Waals surface area contributed by atoms with Gasteiger partial charge in [0.2, 0.25) is 0 Å². The van der Waals surface area contributed by atoms with Gasteiger partial charge in [0.15, 0.2) is 5.82 Å². The molecular weight excluding hydrogens is 298 g/mol. The second kappa shape index (κ2) is 5.95. The number of hydrogen-bond donors (Lipinski definition) is 1.